The van der Waals surface area contributed by atoms with E-state index in [4.69, 9.17) is 13.5 Å². The maximum Gasteiger partial charge on any atom is 0.300 e. The molecule has 18 heteroatoms. The largest absolute Gasteiger partial charge is 0.436 e. The molecule has 18 nitrogen and oxygen atoms in total. The maximum atomic E-state index is 12.3. The fourth-order valence-electron chi connectivity index (χ4n) is 11.0. The van der Waals surface area contributed by atoms with Gasteiger partial charge in [0.05, 0.1) is 25.8 Å². The van der Waals surface area contributed by atoms with E-state index in [1.54, 1.807) is 13.7 Å². The lowest BCUT2D eigenvalue weighted by atomic mass is 9.89. The molecule has 0 spiro atoms. The van der Waals surface area contributed by atoms with Gasteiger partial charge in [0.25, 0.3) is 16.7 Å². The second-order valence-corrected chi connectivity index (χ2v) is 18.8. The summed E-state index contributed by atoms with van der Waals surface area (Å²) in [4.78, 5) is 61.8. The Morgan fingerprint density at radius 1 is 0.480 bits per heavy atom. The monoisotopic (exact) mass is 1040 g/mol. The van der Waals surface area contributed by atoms with E-state index in [0.717, 1.165) is 94.1 Å². The molecule has 0 N–H and O–H groups in total. The van der Waals surface area contributed by atoms with Crippen LogP contribution >= 0.6 is 0 Å². The molecule has 0 amide bonds. The average Bonchev–Trinajstić information content (AvgIpc) is 4.29. The molecule has 6 aromatic heterocycles. The van der Waals surface area contributed by atoms with Crippen molar-refractivity contribution < 1.29 is 13.5 Å². The summed E-state index contributed by atoms with van der Waals surface area (Å²) in [5, 5.41) is 7.44. The van der Waals surface area contributed by atoms with Crippen molar-refractivity contribution in [1.29, 1.82) is 0 Å². The predicted octanol–water partition coefficient (Wildman–Crippen LogP) is 11.5. The van der Waals surface area contributed by atoms with Crippen molar-refractivity contribution in [1.82, 2.24) is 58.7 Å². The Balaban J connectivity index is 0.000000221. The molecule has 6 aromatic rings. The lowest BCUT2D eigenvalue weighted by Crippen LogP contribution is -2.42. The molecule has 3 aliphatic heterocycles. The number of fused-ring (bicyclic) bond motifs is 6. The molecular weight excluding hydrogens is 949 g/mol. The van der Waals surface area contributed by atoms with Crippen molar-refractivity contribution in [3.8, 4) is 0 Å². The molecule has 0 unspecified atom stereocenters. The summed E-state index contributed by atoms with van der Waals surface area (Å²) in [7, 11) is 0. The molecule has 6 aliphatic rings. The molecule has 0 saturated heterocycles. The van der Waals surface area contributed by atoms with Gasteiger partial charge in [0, 0.05) is 58.9 Å². The van der Waals surface area contributed by atoms with Gasteiger partial charge in [0.2, 0.25) is 16.8 Å². The minimum atomic E-state index is -0.0928. The number of rotatable bonds is 6. The highest BCUT2D eigenvalue weighted by Crippen LogP contribution is 2.28. The first kappa shape index (κ1) is 62.5. The Hall–Kier alpha value is -5.07. The second-order valence-electron chi connectivity index (χ2n) is 18.8. The molecule has 9 heterocycles. The highest BCUT2D eigenvalue weighted by atomic mass is 16.5. The number of nitrogens with zero attached hydrogens (tertiary/aromatic N) is 12. The number of hydrogen-bond acceptors (Lipinski definition) is 15. The van der Waals surface area contributed by atoms with E-state index < -0.39 is 0 Å². The Morgan fingerprint density at radius 2 is 0.880 bits per heavy atom. The third-order valence-corrected chi connectivity index (χ3v) is 14.4. The van der Waals surface area contributed by atoms with E-state index in [9.17, 15) is 14.4 Å². The standard InChI is InChI=1S/3C15H20N4O2.6C2H6/c20-15-14-12(8-16-21-14)17-13-10-18(6-7-19(13)15)9-11-4-2-1-3-5-11;20-15-14-12(10-21-17-14)16-13-9-18(6-7-19(13)15)8-11-4-2-1-3-5-11;20-15-13-14(16-10-21-13)17-12-9-18(6-7-19(12)15)8-11-4-2-1-3-5-11;6*1-2/h8,11H,1-7,9-10H2;2*10-11H,1-9H2;6*1-2H3. The van der Waals surface area contributed by atoms with Crippen molar-refractivity contribution in [3.63, 3.8) is 0 Å². The quantitative estimate of drug-likeness (QED) is 0.153. The molecule has 0 radical (unpaired) electrons. The summed E-state index contributed by atoms with van der Waals surface area (Å²) >= 11 is 0. The Morgan fingerprint density at radius 3 is 1.33 bits per heavy atom. The van der Waals surface area contributed by atoms with Gasteiger partial charge < -0.3 is 13.5 Å². The van der Waals surface area contributed by atoms with Gasteiger partial charge in [0.1, 0.15) is 34.8 Å². The predicted molar refractivity (Wildman–Crippen MR) is 302 cm³/mol. The van der Waals surface area contributed by atoms with Crippen molar-refractivity contribution >= 4 is 33.4 Å². The lowest BCUT2D eigenvalue weighted by Gasteiger charge is -2.33. The first-order chi connectivity index (χ1) is 36.9. The van der Waals surface area contributed by atoms with E-state index in [1.165, 1.54) is 115 Å². The molecular formula is C57H96N12O6. The van der Waals surface area contributed by atoms with Crippen LogP contribution < -0.4 is 16.7 Å². The van der Waals surface area contributed by atoms with Gasteiger partial charge in [-0.15, -0.1) is 0 Å². The first-order valence-electron chi connectivity index (χ1n) is 29.6. The average molecular weight is 1050 g/mol. The molecule has 0 atom stereocenters. The van der Waals surface area contributed by atoms with Crippen molar-refractivity contribution in [2.24, 2.45) is 17.8 Å². The van der Waals surface area contributed by atoms with E-state index >= 15 is 0 Å². The van der Waals surface area contributed by atoms with Crippen LogP contribution in [0, 0.1) is 17.8 Å². The number of oxazole rings is 1. The zero-order valence-corrected chi connectivity index (χ0v) is 48.4. The molecule has 12 rings (SSSR count). The van der Waals surface area contributed by atoms with Crippen LogP contribution in [0.15, 0.2) is 46.7 Å². The summed E-state index contributed by atoms with van der Waals surface area (Å²) in [6.07, 6.45) is 24.7. The van der Waals surface area contributed by atoms with Crippen LogP contribution in [0.4, 0.5) is 0 Å². The Kier molecular flexibility index (Phi) is 28.2. The van der Waals surface area contributed by atoms with E-state index in [0.29, 0.717) is 41.8 Å². The van der Waals surface area contributed by atoms with Crippen molar-refractivity contribution in [3.05, 3.63) is 67.4 Å². The highest BCUT2D eigenvalue weighted by Gasteiger charge is 2.27. The molecule has 3 aliphatic carbocycles. The number of hydrogen-bond donors (Lipinski definition) is 0. The fourth-order valence-corrected chi connectivity index (χ4v) is 11.0. The van der Waals surface area contributed by atoms with Gasteiger partial charge in [-0.1, -0.05) is 151 Å². The summed E-state index contributed by atoms with van der Waals surface area (Å²) in [6.45, 7) is 34.5. The maximum absolute atomic E-state index is 12.3. The zero-order valence-electron chi connectivity index (χ0n) is 48.4. The molecule has 0 aromatic carbocycles. The SMILES string of the molecule is CC.CC.CC.CC.CC.CC.O=c1c2nocc2nc2n1CCN(CC1CCCCC1)C2.O=c1c2ocnc2nc2n1CCN(CC1CCCCC1)C2.O=c1c2oncc2nc2n1CCN(CC1CCCCC1)C2. The Labute approximate surface area is 447 Å². The topological polar surface area (TPSA) is 192 Å². The van der Waals surface area contributed by atoms with Gasteiger partial charge in [-0.05, 0) is 56.3 Å². The summed E-state index contributed by atoms with van der Waals surface area (Å²) in [5.74, 6) is 4.96. The van der Waals surface area contributed by atoms with Crippen LogP contribution in [0.5, 0.6) is 0 Å². The second kappa shape index (κ2) is 33.9. The summed E-state index contributed by atoms with van der Waals surface area (Å²) in [6, 6.07) is 0. The highest BCUT2D eigenvalue weighted by molar-refractivity contribution is 5.71. The fraction of sp³-hybridized carbons (Fsp3) is 0.737. The van der Waals surface area contributed by atoms with Gasteiger partial charge in [0.15, 0.2) is 11.9 Å². The molecule has 3 fully saturated rings. The van der Waals surface area contributed by atoms with Crippen LogP contribution in [0.25, 0.3) is 33.4 Å². The normalized spacial score (nSPS) is 17.9. The van der Waals surface area contributed by atoms with Crippen LogP contribution in [0.3, 0.4) is 0 Å². The summed E-state index contributed by atoms with van der Waals surface area (Å²) in [5.41, 5.74) is 2.23. The minimum absolute atomic E-state index is 0.0685. The smallest absolute Gasteiger partial charge is 0.300 e. The third kappa shape index (κ3) is 16.7. The zero-order chi connectivity index (χ0) is 54.7. The van der Waals surface area contributed by atoms with E-state index in [-0.39, 0.29) is 27.8 Å². The molecule has 0 bridgehead atoms. The molecule has 3 saturated carbocycles. The van der Waals surface area contributed by atoms with Gasteiger partial charge >= 0.3 is 0 Å². The van der Waals surface area contributed by atoms with Gasteiger partial charge in [-0.3, -0.25) is 42.8 Å². The van der Waals surface area contributed by atoms with Crippen LogP contribution in [0.1, 0.15) is 197 Å². The minimum Gasteiger partial charge on any atom is -0.436 e. The first-order valence-corrected chi connectivity index (χ1v) is 29.6. The number of aromatic nitrogens is 9. The van der Waals surface area contributed by atoms with Gasteiger partial charge in [-0.2, -0.15) is 4.98 Å². The van der Waals surface area contributed by atoms with Crippen LogP contribution in [-0.4, -0.2) is 97.9 Å². The molecule has 75 heavy (non-hydrogen) atoms. The third-order valence-electron chi connectivity index (χ3n) is 14.4. The summed E-state index contributed by atoms with van der Waals surface area (Å²) < 4.78 is 20.3. The van der Waals surface area contributed by atoms with Crippen molar-refractivity contribution in [2.45, 2.75) is 219 Å². The van der Waals surface area contributed by atoms with Crippen LogP contribution in [-0.2, 0) is 39.3 Å². The van der Waals surface area contributed by atoms with E-state index in [1.807, 2.05) is 83.1 Å². The molecule has 420 valence electrons. The van der Waals surface area contributed by atoms with Crippen molar-refractivity contribution in [2.75, 3.05) is 39.3 Å². The lowest BCUT2D eigenvalue weighted by molar-refractivity contribution is 0.162. The Bertz CT molecular complexity index is 2390. The van der Waals surface area contributed by atoms with Gasteiger partial charge in [-0.25, -0.2) is 15.0 Å². The van der Waals surface area contributed by atoms with E-state index in [2.05, 4.69) is 44.9 Å². The van der Waals surface area contributed by atoms with Crippen LogP contribution in [0.2, 0.25) is 0 Å².